The second kappa shape index (κ2) is 9.16. The maximum Gasteiger partial charge on any atom is 0.235 e. The molecule has 12 heteroatoms. The maximum atomic E-state index is 13.1. The average Bonchev–Trinajstić information content (AvgIpc) is 3.18. The predicted octanol–water partition coefficient (Wildman–Crippen LogP) is 2.36. The number of nitrogens with zero attached hydrogens (tertiary/aromatic N) is 7. The van der Waals surface area contributed by atoms with E-state index in [-0.39, 0.29) is 12.1 Å². The van der Waals surface area contributed by atoms with Crippen molar-refractivity contribution in [3.05, 3.63) is 35.8 Å². The Morgan fingerprint density at radius 1 is 1.16 bits per heavy atom. The highest BCUT2D eigenvalue weighted by Gasteiger charge is 2.22. The van der Waals surface area contributed by atoms with Crippen LogP contribution in [0.2, 0.25) is 0 Å². The molecule has 1 aliphatic heterocycles. The van der Waals surface area contributed by atoms with E-state index < -0.39 is 5.82 Å². The zero-order chi connectivity index (χ0) is 21.8. The summed E-state index contributed by atoms with van der Waals surface area (Å²) in [5.41, 5.74) is 0.916. The van der Waals surface area contributed by atoms with Crippen LogP contribution in [0.1, 0.15) is 37.3 Å². The highest BCUT2D eigenvalue weighted by atomic mass is 19.1. The topological polar surface area (TPSA) is 130 Å². The number of H-pyrrole nitrogens is 1. The van der Waals surface area contributed by atoms with Crippen LogP contribution in [-0.4, -0.2) is 61.4 Å². The SMILES string of the molecule is COC1CCN(c2nc(Nc3cc(C)[nH]n3)nc(N[C@@H](C)c3ncc(F)cn3)n2)CC1. The van der Waals surface area contributed by atoms with Crippen LogP contribution in [0.3, 0.4) is 0 Å². The van der Waals surface area contributed by atoms with Crippen LogP contribution in [0.25, 0.3) is 0 Å². The number of hydrogen-bond acceptors (Lipinski definition) is 10. The first-order valence-corrected chi connectivity index (χ1v) is 10.1. The number of piperidine rings is 1. The van der Waals surface area contributed by atoms with Gasteiger partial charge in [-0.25, -0.2) is 14.4 Å². The molecule has 1 saturated heterocycles. The van der Waals surface area contributed by atoms with Crippen LogP contribution in [0.5, 0.6) is 0 Å². The Kier molecular flexibility index (Phi) is 6.16. The van der Waals surface area contributed by atoms with Crippen molar-refractivity contribution in [1.82, 2.24) is 35.1 Å². The number of halogens is 1. The van der Waals surface area contributed by atoms with Crippen LogP contribution in [0.15, 0.2) is 18.5 Å². The zero-order valence-electron chi connectivity index (χ0n) is 17.6. The molecule has 1 fully saturated rings. The lowest BCUT2D eigenvalue weighted by atomic mass is 10.1. The molecule has 0 radical (unpaired) electrons. The molecule has 0 unspecified atom stereocenters. The Morgan fingerprint density at radius 3 is 2.52 bits per heavy atom. The average molecular weight is 428 g/mol. The standard InChI is InChI=1S/C19H25FN10O/c1-11-8-15(29-28-11)24-18-25-17(23-12(2)16-21-9-13(20)10-22-16)26-19(27-18)30-6-4-14(31-3)5-7-30/h8-10,12,14H,4-7H2,1-3H3,(H3,23,24,25,26,27,28,29)/t12-/m0/s1. The van der Waals surface area contributed by atoms with E-state index in [1.165, 1.54) is 0 Å². The molecule has 4 rings (SSSR count). The Morgan fingerprint density at radius 2 is 1.87 bits per heavy atom. The Hall–Kier alpha value is -3.41. The van der Waals surface area contributed by atoms with Crippen LogP contribution in [-0.2, 0) is 4.74 Å². The van der Waals surface area contributed by atoms with E-state index >= 15 is 0 Å². The van der Waals surface area contributed by atoms with Crippen LogP contribution >= 0.6 is 0 Å². The van der Waals surface area contributed by atoms with E-state index in [1.807, 2.05) is 19.9 Å². The third-order valence-corrected chi connectivity index (χ3v) is 5.00. The van der Waals surface area contributed by atoms with E-state index in [2.05, 4.69) is 50.7 Å². The van der Waals surface area contributed by atoms with Gasteiger partial charge in [-0.15, -0.1) is 0 Å². The van der Waals surface area contributed by atoms with E-state index in [0.717, 1.165) is 44.0 Å². The summed E-state index contributed by atoms with van der Waals surface area (Å²) in [4.78, 5) is 23.8. The van der Waals surface area contributed by atoms with E-state index in [4.69, 9.17) is 4.74 Å². The summed E-state index contributed by atoms with van der Waals surface area (Å²) in [6.45, 7) is 5.32. The smallest absolute Gasteiger partial charge is 0.235 e. The first-order chi connectivity index (χ1) is 15.0. The van der Waals surface area contributed by atoms with Crippen LogP contribution in [0, 0.1) is 12.7 Å². The van der Waals surface area contributed by atoms with Gasteiger partial charge in [0.1, 0.15) is 5.82 Å². The number of aromatic amines is 1. The van der Waals surface area contributed by atoms with Gasteiger partial charge in [-0.2, -0.15) is 20.1 Å². The molecule has 0 bridgehead atoms. The molecule has 1 aliphatic rings. The minimum Gasteiger partial charge on any atom is -0.381 e. The molecule has 11 nitrogen and oxygen atoms in total. The quantitative estimate of drug-likeness (QED) is 0.515. The number of anilines is 4. The van der Waals surface area contributed by atoms with Gasteiger partial charge < -0.3 is 20.3 Å². The summed E-state index contributed by atoms with van der Waals surface area (Å²) < 4.78 is 18.6. The van der Waals surface area contributed by atoms with Gasteiger partial charge >= 0.3 is 0 Å². The van der Waals surface area contributed by atoms with Gasteiger partial charge in [-0.3, -0.25) is 5.10 Å². The lowest BCUT2D eigenvalue weighted by Gasteiger charge is -2.31. The fourth-order valence-electron chi connectivity index (χ4n) is 3.32. The molecule has 4 heterocycles. The molecule has 0 saturated carbocycles. The lowest BCUT2D eigenvalue weighted by Crippen LogP contribution is -2.37. The number of hydrogen-bond donors (Lipinski definition) is 3. The Balaban J connectivity index is 1.58. The molecule has 31 heavy (non-hydrogen) atoms. The number of aromatic nitrogens is 7. The maximum absolute atomic E-state index is 13.1. The zero-order valence-corrected chi connectivity index (χ0v) is 17.6. The molecule has 0 aromatic carbocycles. The largest absolute Gasteiger partial charge is 0.381 e. The molecular weight excluding hydrogens is 403 g/mol. The normalized spacial score (nSPS) is 15.7. The third kappa shape index (κ3) is 5.20. The molecule has 0 spiro atoms. The third-order valence-electron chi connectivity index (χ3n) is 5.00. The molecule has 3 N–H and O–H groups in total. The van der Waals surface area contributed by atoms with Crippen molar-refractivity contribution in [2.24, 2.45) is 0 Å². The molecule has 3 aromatic heterocycles. The first-order valence-electron chi connectivity index (χ1n) is 10.1. The summed E-state index contributed by atoms with van der Waals surface area (Å²) in [5.74, 6) is 1.82. The molecule has 0 aliphatic carbocycles. The van der Waals surface area contributed by atoms with E-state index in [1.54, 1.807) is 7.11 Å². The Labute approximate surface area is 178 Å². The second-order valence-electron chi connectivity index (χ2n) is 7.39. The molecule has 3 aromatic rings. The summed E-state index contributed by atoms with van der Waals surface area (Å²) in [5, 5.41) is 13.3. The fourth-order valence-corrected chi connectivity index (χ4v) is 3.32. The minimum absolute atomic E-state index is 0.246. The number of aryl methyl sites for hydroxylation is 1. The summed E-state index contributed by atoms with van der Waals surface area (Å²) in [6, 6.07) is 1.52. The second-order valence-corrected chi connectivity index (χ2v) is 7.39. The molecule has 1 atom stereocenters. The van der Waals surface area contributed by atoms with E-state index in [0.29, 0.717) is 29.5 Å². The van der Waals surface area contributed by atoms with Gasteiger partial charge in [-0.05, 0) is 26.7 Å². The van der Waals surface area contributed by atoms with Crippen LogP contribution in [0.4, 0.5) is 28.1 Å². The Bertz CT molecular complexity index is 1000. The number of nitrogens with one attached hydrogen (secondary N) is 3. The van der Waals surface area contributed by atoms with Gasteiger partial charge in [0.05, 0.1) is 24.5 Å². The molecule has 0 amide bonds. The van der Waals surface area contributed by atoms with Gasteiger partial charge in [0.2, 0.25) is 17.8 Å². The van der Waals surface area contributed by atoms with Gasteiger partial charge in [-0.1, -0.05) is 0 Å². The van der Waals surface area contributed by atoms with Gasteiger partial charge in [0, 0.05) is 32.0 Å². The van der Waals surface area contributed by atoms with Crippen molar-refractivity contribution in [3.63, 3.8) is 0 Å². The van der Waals surface area contributed by atoms with Crippen LogP contribution < -0.4 is 15.5 Å². The minimum atomic E-state index is -0.487. The van der Waals surface area contributed by atoms with Crippen molar-refractivity contribution in [2.75, 3.05) is 35.7 Å². The number of rotatable bonds is 7. The summed E-state index contributed by atoms with van der Waals surface area (Å²) >= 11 is 0. The van der Waals surface area contributed by atoms with Crippen molar-refractivity contribution in [2.45, 2.75) is 38.8 Å². The fraction of sp³-hybridized carbons (Fsp3) is 0.474. The van der Waals surface area contributed by atoms with Crippen molar-refractivity contribution < 1.29 is 9.13 Å². The van der Waals surface area contributed by atoms with Crippen molar-refractivity contribution in [3.8, 4) is 0 Å². The summed E-state index contributed by atoms with van der Waals surface area (Å²) in [7, 11) is 1.73. The van der Waals surface area contributed by atoms with E-state index in [9.17, 15) is 4.39 Å². The highest BCUT2D eigenvalue weighted by Crippen LogP contribution is 2.23. The predicted molar refractivity (Wildman–Crippen MR) is 113 cm³/mol. The van der Waals surface area contributed by atoms with Gasteiger partial charge in [0.15, 0.2) is 11.6 Å². The van der Waals surface area contributed by atoms with Gasteiger partial charge in [0.25, 0.3) is 0 Å². The van der Waals surface area contributed by atoms with Crippen molar-refractivity contribution >= 4 is 23.7 Å². The summed E-state index contributed by atoms with van der Waals surface area (Å²) in [6.07, 6.45) is 4.30. The molecule has 164 valence electrons. The lowest BCUT2D eigenvalue weighted by molar-refractivity contribution is 0.0816. The van der Waals surface area contributed by atoms with Crippen molar-refractivity contribution in [1.29, 1.82) is 0 Å². The number of methoxy groups -OCH3 is 1. The number of ether oxygens (including phenoxy) is 1. The monoisotopic (exact) mass is 428 g/mol. The molecular formula is C19H25FN10O. The first kappa shape index (κ1) is 20.8. The highest BCUT2D eigenvalue weighted by molar-refractivity contribution is 5.52.